The first kappa shape index (κ1) is 24.8. The number of hydrogen-bond acceptors (Lipinski definition) is 2. The number of benzene rings is 1. The molecule has 0 aromatic heterocycles. The van der Waals surface area contributed by atoms with Crippen LogP contribution in [0.4, 0.5) is 0 Å². The first-order valence-electron chi connectivity index (χ1n) is 8.43. The number of hydrogen-bond donors (Lipinski definition) is 0. The van der Waals surface area contributed by atoms with Crippen molar-refractivity contribution in [3.8, 4) is 5.75 Å². The fourth-order valence-electron chi connectivity index (χ4n) is 3.18. The van der Waals surface area contributed by atoms with Crippen molar-refractivity contribution in [1.82, 2.24) is 4.90 Å². The summed E-state index contributed by atoms with van der Waals surface area (Å²) in [5.41, 5.74) is 5.47. The Hall–Kier alpha value is -0.189. The van der Waals surface area contributed by atoms with Crippen molar-refractivity contribution in [2.24, 2.45) is 5.92 Å². The van der Waals surface area contributed by atoms with E-state index in [1.807, 2.05) is 0 Å². The Balaban J connectivity index is 0.00000288. The minimum atomic E-state index is -1.74. The molecule has 1 unspecified atom stereocenters. The summed E-state index contributed by atoms with van der Waals surface area (Å²) >= 11 is -1.74. The maximum absolute atomic E-state index is 6.73. The quantitative estimate of drug-likeness (QED) is 0.571. The molecule has 6 heteroatoms. The summed E-state index contributed by atoms with van der Waals surface area (Å²) in [7, 11) is 4.32. The third kappa shape index (κ3) is 5.90. The van der Waals surface area contributed by atoms with E-state index in [0.29, 0.717) is 5.92 Å². The Morgan fingerprint density at radius 1 is 1.00 bits per heavy atom. The largest absolute Gasteiger partial charge is 0.147 e. The molecule has 1 aliphatic carbocycles. The molecule has 0 radical (unpaired) electrons. The SMILES string of the molecule is CC1=CC(N(C)C)=[C]([Ti]([O]c2cc(C)cc(C)c2)[SiH](C)C)C1C.Cl.Cl. The van der Waals surface area contributed by atoms with Crippen LogP contribution >= 0.6 is 24.8 Å². The zero-order valence-electron chi connectivity index (χ0n) is 16.6. The Kier molecular flexibility index (Phi) is 10.1. The number of halogens is 2. The zero-order chi connectivity index (χ0) is 17.3. The average Bonchev–Trinajstić information content (AvgIpc) is 2.71. The smallest absolute Gasteiger partial charge is 0.147 e. The Morgan fingerprint density at radius 2 is 1.52 bits per heavy atom. The van der Waals surface area contributed by atoms with Gasteiger partial charge in [-0.1, -0.05) is 0 Å². The molecule has 1 aromatic carbocycles. The van der Waals surface area contributed by atoms with Crippen molar-refractivity contribution in [1.29, 1.82) is 0 Å². The van der Waals surface area contributed by atoms with Crippen LogP contribution in [0.1, 0.15) is 25.0 Å². The van der Waals surface area contributed by atoms with Gasteiger partial charge in [-0.05, 0) is 0 Å². The van der Waals surface area contributed by atoms with Crippen molar-refractivity contribution in [3.05, 3.63) is 50.5 Å². The van der Waals surface area contributed by atoms with Crippen LogP contribution in [0.2, 0.25) is 13.1 Å². The molecular formula is C19H32Cl2NOSiTi. The second-order valence-electron chi connectivity index (χ2n) is 7.25. The summed E-state index contributed by atoms with van der Waals surface area (Å²) in [6.45, 7) is 13.0. The van der Waals surface area contributed by atoms with Crippen LogP contribution in [0, 0.1) is 19.8 Å². The van der Waals surface area contributed by atoms with E-state index in [1.54, 1.807) is 3.88 Å². The molecule has 1 atom stereocenters. The van der Waals surface area contributed by atoms with Crippen LogP contribution in [0.25, 0.3) is 0 Å². The molecular weight excluding hydrogens is 405 g/mol. The molecule has 0 saturated heterocycles. The van der Waals surface area contributed by atoms with Crippen molar-refractivity contribution >= 4 is 31.5 Å². The van der Waals surface area contributed by atoms with E-state index in [2.05, 4.69) is 84.1 Å². The summed E-state index contributed by atoms with van der Waals surface area (Å²) < 4.78 is 8.36. The Labute approximate surface area is 173 Å². The molecule has 1 aliphatic rings. The molecule has 0 amide bonds. The summed E-state index contributed by atoms with van der Waals surface area (Å²) in [6.07, 6.45) is 2.37. The van der Waals surface area contributed by atoms with Crippen molar-refractivity contribution in [2.75, 3.05) is 14.1 Å². The molecule has 0 saturated carbocycles. The minimum Gasteiger partial charge on any atom is -0.147 e. The Morgan fingerprint density at radius 3 is 1.96 bits per heavy atom. The molecule has 1 aromatic rings. The van der Waals surface area contributed by atoms with Gasteiger partial charge < -0.3 is 0 Å². The number of aryl methyl sites for hydroxylation is 2. The molecule has 0 spiro atoms. The van der Waals surface area contributed by atoms with Gasteiger partial charge in [0.15, 0.2) is 0 Å². The number of allylic oxidation sites excluding steroid dienone is 3. The molecule has 2 nitrogen and oxygen atoms in total. The normalized spacial score (nSPS) is 16.2. The summed E-state index contributed by atoms with van der Waals surface area (Å²) in [5, 5.41) is 0. The molecule has 25 heavy (non-hydrogen) atoms. The second kappa shape index (κ2) is 10.2. The van der Waals surface area contributed by atoms with E-state index in [4.69, 9.17) is 3.32 Å². The van der Waals surface area contributed by atoms with Crippen molar-refractivity contribution in [2.45, 2.75) is 40.8 Å². The zero-order valence-corrected chi connectivity index (χ0v) is 21.0. The molecule has 141 valence electrons. The van der Waals surface area contributed by atoms with Gasteiger partial charge in [0.1, 0.15) is 0 Å². The van der Waals surface area contributed by atoms with Gasteiger partial charge in [0, 0.05) is 0 Å². The average molecular weight is 437 g/mol. The van der Waals surface area contributed by atoms with E-state index in [-0.39, 0.29) is 24.8 Å². The maximum atomic E-state index is 6.73. The maximum Gasteiger partial charge on any atom is -0.147 e. The van der Waals surface area contributed by atoms with Gasteiger partial charge >= 0.3 is 149 Å². The van der Waals surface area contributed by atoms with E-state index in [9.17, 15) is 0 Å². The third-order valence-corrected chi connectivity index (χ3v) is 14.8. The van der Waals surface area contributed by atoms with Gasteiger partial charge in [0.05, 0.1) is 0 Å². The molecule has 0 fully saturated rings. The van der Waals surface area contributed by atoms with Gasteiger partial charge in [0.25, 0.3) is 0 Å². The first-order chi connectivity index (χ1) is 10.7. The van der Waals surface area contributed by atoms with Gasteiger partial charge in [-0.2, -0.15) is 0 Å². The second-order valence-corrected chi connectivity index (χ2v) is 19.4. The molecule has 0 heterocycles. The van der Waals surface area contributed by atoms with Crippen LogP contribution < -0.4 is 3.32 Å². The topological polar surface area (TPSA) is 12.5 Å². The Bertz CT molecular complexity index is 639. The van der Waals surface area contributed by atoms with Crippen LogP contribution in [0.3, 0.4) is 0 Å². The predicted octanol–water partition coefficient (Wildman–Crippen LogP) is 5.41. The van der Waals surface area contributed by atoms with Crippen molar-refractivity contribution in [3.63, 3.8) is 0 Å². The summed E-state index contributed by atoms with van der Waals surface area (Å²) in [5.74, 6) is 1.63. The fraction of sp³-hybridized carbons (Fsp3) is 0.474. The molecule has 0 bridgehead atoms. The summed E-state index contributed by atoms with van der Waals surface area (Å²) in [6, 6.07) is 6.62. The van der Waals surface area contributed by atoms with Crippen molar-refractivity contribution < 1.29 is 20.8 Å². The van der Waals surface area contributed by atoms with E-state index >= 15 is 0 Å². The van der Waals surface area contributed by atoms with E-state index in [1.165, 1.54) is 22.4 Å². The minimum absolute atomic E-state index is 0. The monoisotopic (exact) mass is 436 g/mol. The number of nitrogens with zero attached hydrogens (tertiary/aromatic N) is 1. The molecule has 0 N–H and O–H groups in total. The van der Waals surface area contributed by atoms with Crippen LogP contribution in [-0.2, 0) is 17.5 Å². The van der Waals surface area contributed by atoms with Gasteiger partial charge in [-0.15, -0.1) is 24.8 Å². The number of rotatable bonds is 5. The standard InChI is InChI=1S/C9H14N.C8H10O.C2H7Si.2ClH.Ti/c1-7-5-9(10(3)4)6-8(7)2;1-6-3-7(2)5-8(9)4-6;1-3-2;;;/h5,8H,1-4H3;3-5,9H,1-2H3;3H,1-2H3;2*1H;/q;;;;;+1/p-1. The first-order valence-corrected chi connectivity index (χ1v) is 15.4. The van der Waals surface area contributed by atoms with Crippen LogP contribution in [0.5, 0.6) is 5.75 Å². The third-order valence-electron chi connectivity index (χ3n) is 4.45. The van der Waals surface area contributed by atoms with E-state index < -0.39 is 24.2 Å². The van der Waals surface area contributed by atoms with Gasteiger partial charge in [0.2, 0.25) is 0 Å². The van der Waals surface area contributed by atoms with Gasteiger partial charge in [-0.25, -0.2) is 0 Å². The van der Waals surface area contributed by atoms with Gasteiger partial charge in [-0.3, -0.25) is 0 Å². The number of likely N-dealkylation sites (N-methyl/N-ethyl adjacent to an activating group) is 1. The van der Waals surface area contributed by atoms with Crippen LogP contribution in [0.15, 0.2) is 39.4 Å². The fourth-order valence-corrected chi connectivity index (χ4v) is 12.9. The summed E-state index contributed by atoms with van der Waals surface area (Å²) in [4.78, 5) is 2.27. The molecule has 2 rings (SSSR count). The van der Waals surface area contributed by atoms with Crippen LogP contribution in [-0.4, -0.2) is 25.7 Å². The predicted molar refractivity (Wildman–Crippen MR) is 114 cm³/mol. The molecule has 0 aliphatic heterocycles. The van der Waals surface area contributed by atoms with E-state index in [0.717, 1.165) is 5.75 Å².